The molecule has 0 spiro atoms. The van der Waals surface area contributed by atoms with Gasteiger partial charge in [-0.2, -0.15) is 0 Å². The molecule has 12 nitrogen and oxygen atoms in total. The third-order valence-electron chi connectivity index (χ3n) is 8.41. The maximum absolute atomic E-state index is 13.5. The van der Waals surface area contributed by atoms with E-state index in [1.165, 1.54) is 12.1 Å². The molecule has 238 valence electrons. The van der Waals surface area contributed by atoms with E-state index in [-0.39, 0.29) is 65.1 Å². The van der Waals surface area contributed by atoms with Gasteiger partial charge in [0.2, 0.25) is 0 Å². The van der Waals surface area contributed by atoms with E-state index in [1.54, 1.807) is 49.4 Å². The third-order valence-corrected chi connectivity index (χ3v) is 8.41. The van der Waals surface area contributed by atoms with Gasteiger partial charge in [-0.05, 0) is 19.1 Å². The molecule has 3 aliphatic rings. The zero-order valence-electron chi connectivity index (χ0n) is 24.1. The molecule has 1 fully saturated rings. The Labute approximate surface area is 264 Å². The predicted molar refractivity (Wildman–Crippen MR) is 162 cm³/mol. The van der Waals surface area contributed by atoms with E-state index < -0.39 is 72.0 Å². The molecule has 13 heteroatoms. The van der Waals surface area contributed by atoms with Gasteiger partial charge in [0.15, 0.2) is 17.9 Å². The van der Waals surface area contributed by atoms with Crippen molar-refractivity contribution in [2.45, 2.75) is 62.4 Å². The standard InChI is InChI=1S/C32H32N2O10.ClH/c1-15-26(35)20(33)11-22(43-15)44-21-13-32(41,14-42-31(40)34-16-7-3-2-4-8-16)12-19-23(21)30(39)25-24(29(19)38)27(36)17-9-5-6-10-18(17)28(25)37;/h2-10,15,20-22,26,35,38-39,41H,11-14,33H2,1H3,(H,34,40);1H/t15-,20+,21-,22-,26+,32-;/m0./s1. The number of phenols is 2. The highest BCUT2D eigenvalue weighted by Gasteiger charge is 2.48. The summed E-state index contributed by atoms with van der Waals surface area (Å²) in [7, 11) is 0. The van der Waals surface area contributed by atoms with E-state index in [9.17, 15) is 34.8 Å². The van der Waals surface area contributed by atoms with Gasteiger partial charge in [-0.3, -0.25) is 14.9 Å². The number of aliphatic hydroxyl groups excluding tert-OH is 1. The van der Waals surface area contributed by atoms with Crippen LogP contribution in [-0.4, -0.2) is 74.8 Å². The third kappa shape index (κ3) is 5.88. The summed E-state index contributed by atoms with van der Waals surface area (Å²) in [6.45, 7) is 1.07. The van der Waals surface area contributed by atoms with Crippen LogP contribution in [0, 0.1) is 0 Å². The molecule has 0 bridgehead atoms. The molecule has 6 rings (SSSR count). The first-order chi connectivity index (χ1) is 21.0. The molecule has 3 aromatic rings. The number of nitrogens with one attached hydrogen (secondary N) is 1. The summed E-state index contributed by atoms with van der Waals surface area (Å²) in [4.78, 5) is 39.6. The van der Waals surface area contributed by atoms with Crippen LogP contribution >= 0.6 is 12.4 Å². The lowest BCUT2D eigenvalue weighted by Crippen LogP contribution is -2.52. The molecule has 1 saturated heterocycles. The summed E-state index contributed by atoms with van der Waals surface area (Å²) in [6, 6.07) is 13.9. The number of hydrogen-bond acceptors (Lipinski definition) is 11. The Kier molecular flexibility index (Phi) is 8.91. The van der Waals surface area contributed by atoms with Crippen LogP contribution in [0.3, 0.4) is 0 Å². The van der Waals surface area contributed by atoms with Gasteiger partial charge in [-0.15, -0.1) is 12.4 Å². The Hall–Kier alpha value is -4.04. The number of para-hydroxylation sites is 1. The number of carbonyl (C=O) groups is 3. The topological polar surface area (TPSA) is 198 Å². The number of ether oxygens (including phenoxy) is 3. The van der Waals surface area contributed by atoms with E-state index in [4.69, 9.17) is 19.9 Å². The summed E-state index contributed by atoms with van der Waals surface area (Å²) >= 11 is 0. The van der Waals surface area contributed by atoms with Crippen LogP contribution in [0.15, 0.2) is 54.6 Å². The molecular formula is C32H33ClN2O10. The number of fused-ring (bicyclic) bond motifs is 3. The van der Waals surface area contributed by atoms with Crippen molar-refractivity contribution in [2.24, 2.45) is 5.73 Å². The highest BCUT2D eigenvalue weighted by molar-refractivity contribution is 6.30. The number of anilines is 1. The number of benzene rings is 3. The number of ketones is 2. The second kappa shape index (κ2) is 12.4. The number of hydrogen-bond donors (Lipinski definition) is 6. The van der Waals surface area contributed by atoms with Crippen LogP contribution in [0.5, 0.6) is 11.5 Å². The summed E-state index contributed by atoms with van der Waals surface area (Å²) < 4.78 is 17.4. The summed E-state index contributed by atoms with van der Waals surface area (Å²) in [5.74, 6) is -2.48. The molecule has 6 atom stereocenters. The van der Waals surface area contributed by atoms with Gasteiger partial charge in [0.1, 0.15) is 23.7 Å². The first-order valence-electron chi connectivity index (χ1n) is 14.2. The van der Waals surface area contributed by atoms with Gasteiger partial charge >= 0.3 is 6.09 Å². The van der Waals surface area contributed by atoms with Crippen LogP contribution in [-0.2, 0) is 20.6 Å². The fraction of sp³-hybridized carbons (Fsp3) is 0.344. The van der Waals surface area contributed by atoms with E-state index >= 15 is 0 Å². The van der Waals surface area contributed by atoms with Gasteiger partial charge in [-0.25, -0.2) is 4.79 Å². The second-order valence-corrected chi connectivity index (χ2v) is 11.5. The van der Waals surface area contributed by atoms with Crippen molar-refractivity contribution in [2.75, 3.05) is 11.9 Å². The molecule has 0 unspecified atom stereocenters. The molecule has 0 radical (unpaired) electrons. The molecule has 1 heterocycles. The first kappa shape index (κ1) is 32.4. The Balaban J connectivity index is 0.00000400. The van der Waals surface area contributed by atoms with Crippen LogP contribution in [0.25, 0.3) is 0 Å². The van der Waals surface area contributed by atoms with Crippen LogP contribution in [0.2, 0.25) is 0 Å². The minimum Gasteiger partial charge on any atom is -0.507 e. The van der Waals surface area contributed by atoms with Crippen LogP contribution in [0.4, 0.5) is 10.5 Å². The summed E-state index contributed by atoms with van der Waals surface area (Å²) in [6.07, 6.45) is -5.23. The zero-order valence-corrected chi connectivity index (χ0v) is 25.0. The number of nitrogens with two attached hydrogens (primary N) is 1. The highest BCUT2D eigenvalue weighted by atomic mass is 35.5. The zero-order chi connectivity index (χ0) is 31.3. The van der Waals surface area contributed by atoms with Crippen molar-refractivity contribution in [3.8, 4) is 11.5 Å². The summed E-state index contributed by atoms with van der Waals surface area (Å²) in [5.41, 5.74) is 4.06. The maximum Gasteiger partial charge on any atom is 0.411 e. The molecule has 45 heavy (non-hydrogen) atoms. The van der Waals surface area contributed by atoms with E-state index in [1.807, 2.05) is 0 Å². The number of aromatic hydroxyl groups is 2. The molecule has 1 aliphatic heterocycles. The lowest BCUT2D eigenvalue weighted by Gasteiger charge is -2.42. The fourth-order valence-corrected chi connectivity index (χ4v) is 6.22. The fourth-order valence-electron chi connectivity index (χ4n) is 6.22. The Morgan fingerprint density at radius 3 is 2.24 bits per heavy atom. The van der Waals surface area contributed by atoms with Crippen LogP contribution in [0.1, 0.15) is 68.8 Å². The molecule has 2 aliphatic carbocycles. The minimum absolute atomic E-state index is 0. The minimum atomic E-state index is -1.84. The largest absolute Gasteiger partial charge is 0.507 e. The first-order valence-corrected chi connectivity index (χ1v) is 14.2. The number of phenolic OH excluding ortho intramolecular Hbond substituents is 2. The predicted octanol–water partition coefficient (Wildman–Crippen LogP) is 3.10. The van der Waals surface area contributed by atoms with Crippen LogP contribution < -0.4 is 11.1 Å². The molecule has 0 aromatic heterocycles. The molecular weight excluding hydrogens is 608 g/mol. The van der Waals surface area contributed by atoms with E-state index in [0.29, 0.717) is 5.69 Å². The lowest BCUT2D eigenvalue weighted by atomic mass is 9.73. The number of halogens is 1. The number of rotatable bonds is 5. The van der Waals surface area contributed by atoms with E-state index in [0.717, 1.165) is 0 Å². The Morgan fingerprint density at radius 2 is 1.62 bits per heavy atom. The number of amides is 1. The molecule has 0 saturated carbocycles. The second-order valence-electron chi connectivity index (χ2n) is 11.5. The van der Waals surface area contributed by atoms with Crippen molar-refractivity contribution in [3.05, 3.63) is 88.0 Å². The number of aliphatic hydroxyl groups is 2. The van der Waals surface area contributed by atoms with Gasteiger partial charge in [0.25, 0.3) is 0 Å². The average Bonchev–Trinajstić information content (AvgIpc) is 3.00. The van der Waals surface area contributed by atoms with Gasteiger partial charge in [-0.1, -0.05) is 42.5 Å². The maximum atomic E-state index is 13.5. The quantitative estimate of drug-likeness (QED) is 0.175. The van der Waals surface area contributed by atoms with Gasteiger partial charge < -0.3 is 40.4 Å². The van der Waals surface area contributed by atoms with Crippen molar-refractivity contribution >= 4 is 35.8 Å². The van der Waals surface area contributed by atoms with Crippen molar-refractivity contribution in [1.82, 2.24) is 0 Å². The average molecular weight is 641 g/mol. The Bertz CT molecular complexity index is 1640. The van der Waals surface area contributed by atoms with Gasteiger partial charge in [0, 0.05) is 53.2 Å². The molecule has 1 amide bonds. The SMILES string of the molecule is C[C@@H]1O[C@@H](O[C@H]2C[C@](O)(COC(=O)Nc3ccccc3)Cc3c(O)c4c(c(O)c32)C(=O)c2ccccc2C4=O)C[C@@H](N)[C@@H]1O.Cl. The normalized spacial score (nSPS) is 27.0. The smallest absolute Gasteiger partial charge is 0.411 e. The van der Waals surface area contributed by atoms with Crippen molar-refractivity contribution in [1.29, 1.82) is 0 Å². The highest BCUT2D eigenvalue weighted by Crippen LogP contribution is 2.51. The van der Waals surface area contributed by atoms with E-state index in [2.05, 4.69) is 5.32 Å². The molecule has 7 N–H and O–H groups in total. The monoisotopic (exact) mass is 640 g/mol. The van der Waals surface area contributed by atoms with Crippen molar-refractivity contribution in [3.63, 3.8) is 0 Å². The number of carbonyl (C=O) groups excluding carboxylic acids is 3. The van der Waals surface area contributed by atoms with Crippen molar-refractivity contribution < 1.29 is 49.0 Å². The Morgan fingerprint density at radius 1 is 1.02 bits per heavy atom. The van der Waals surface area contributed by atoms with Gasteiger partial charge in [0.05, 0.1) is 29.4 Å². The molecule has 3 aromatic carbocycles. The lowest BCUT2D eigenvalue weighted by molar-refractivity contribution is -0.248. The summed E-state index contributed by atoms with van der Waals surface area (Å²) in [5, 5.41) is 47.6.